The molecule has 0 amide bonds. The van der Waals surface area contributed by atoms with Crippen LogP contribution in [-0.4, -0.2) is 10.2 Å². The highest BCUT2D eigenvalue weighted by Gasteiger charge is 2.51. The molecule has 1 fully saturated rings. The Bertz CT molecular complexity index is 629. The summed E-state index contributed by atoms with van der Waals surface area (Å²) in [5.74, 6) is 1.67. The van der Waals surface area contributed by atoms with Gasteiger partial charge in [-0.1, -0.05) is 38.8 Å². The zero-order valence-corrected chi connectivity index (χ0v) is 14.9. The number of hydrogen-bond acceptors (Lipinski definition) is 2. The molecule has 1 saturated carbocycles. The van der Waals surface area contributed by atoms with Gasteiger partial charge in [-0.05, 0) is 79.0 Å². The largest absolute Gasteiger partial charge is 0.508 e. The third kappa shape index (κ3) is 2.77. The minimum atomic E-state index is 0.237. The summed E-state index contributed by atoms with van der Waals surface area (Å²) in [6, 6.07) is 4.89. The van der Waals surface area contributed by atoms with Gasteiger partial charge in [0.05, 0.1) is 0 Å². The van der Waals surface area contributed by atoms with Gasteiger partial charge in [0, 0.05) is 0 Å². The van der Waals surface area contributed by atoms with Crippen molar-refractivity contribution in [1.29, 1.82) is 0 Å². The predicted molar refractivity (Wildman–Crippen MR) is 94.6 cm³/mol. The van der Waals surface area contributed by atoms with E-state index in [0.29, 0.717) is 23.0 Å². The number of aromatic hydroxyl groups is 2. The van der Waals surface area contributed by atoms with Crippen LogP contribution in [-0.2, 0) is 6.42 Å². The zero-order chi connectivity index (χ0) is 16.8. The van der Waals surface area contributed by atoms with E-state index in [2.05, 4.69) is 33.8 Å². The Morgan fingerprint density at radius 3 is 2.61 bits per heavy atom. The topological polar surface area (TPSA) is 40.5 Å². The first-order valence-corrected chi connectivity index (χ1v) is 8.91. The van der Waals surface area contributed by atoms with Crippen LogP contribution in [0.2, 0.25) is 0 Å². The van der Waals surface area contributed by atoms with Crippen LogP contribution in [0.5, 0.6) is 11.5 Å². The molecule has 2 N–H and O–H groups in total. The number of allylic oxidation sites excluding steroid dienone is 2. The minimum Gasteiger partial charge on any atom is -0.508 e. The first-order valence-electron chi connectivity index (χ1n) is 8.91. The number of rotatable bonds is 2. The molecule has 1 aromatic rings. The summed E-state index contributed by atoms with van der Waals surface area (Å²) in [6.45, 7) is 9.55. The minimum absolute atomic E-state index is 0.237. The molecule has 0 spiro atoms. The van der Waals surface area contributed by atoms with Crippen molar-refractivity contribution in [3.05, 3.63) is 35.4 Å². The van der Waals surface area contributed by atoms with Crippen LogP contribution in [0.3, 0.4) is 0 Å². The lowest BCUT2D eigenvalue weighted by molar-refractivity contribution is -0.0369. The van der Waals surface area contributed by atoms with Crippen molar-refractivity contribution in [3.63, 3.8) is 0 Å². The van der Waals surface area contributed by atoms with E-state index in [-0.39, 0.29) is 11.2 Å². The van der Waals surface area contributed by atoms with Crippen LogP contribution in [0, 0.1) is 22.7 Å². The van der Waals surface area contributed by atoms with E-state index in [1.807, 2.05) is 0 Å². The lowest BCUT2D eigenvalue weighted by Crippen LogP contribution is -2.49. The molecule has 2 nitrogen and oxygen atoms in total. The van der Waals surface area contributed by atoms with Crippen LogP contribution in [0.1, 0.15) is 58.9 Å². The van der Waals surface area contributed by atoms with Crippen molar-refractivity contribution in [2.24, 2.45) is 22.7 Å². The molecule has 0 unspecified atom stereocenters. The van der Waals surface area contributed by atoms with Gasteiger partial charge in [0.15, 0.2) is 0 Å². The molecule has 0 aromatic heterocycles. The van der Waals surface area contributed by atoms with E-state index in [1.165, 1.54) is 31.3 Å². The molecule has 1 aromatic carbocycles. The van der Waals surface area contributed by atoms with Crippen LogP contribution in [0.15, 0.2) is 29.8 Å². The summed E-state index contributed by atoms with van der Waals surface area (Å²) in [5.41, 5.74) is 2.97. The van der Waals surface area contributed by atoms with Crippen molar-refractivity contribution in [2.45, 2.75) is 59.8 Å². The molecule has 23 heavy (non-hydrogen) atoms. The van der Waals surface area contributed by atoms with Crippen molar-refractivity contribution < 1.29 is 10.2 Å². The molecule has 0 radical (unpaired) electrons. The second-order valence-corrected chi connectivity index (χ2v) is 8.65. The van der Waals surface area contributed by atoms with E-state index in [4.69, 9.17) is 0 Å². The Morgan fingerprint density at radius 2 is 1.87 bits per heavy atom. The number of phenols is 2. The van der Waals surface area contributed by atoms with Crippen LogP contribution in [0.25, 0.3) is 0 Å². The van der Waals surface area contributed by atoms with Crippen molar-refractivity contribution in [1.82, 2.24) is 0 Å². The first kappa shape index (κ1) is 16.4. The maximum absolute atomic E-state index is 10.2. The highest BCUT2D eigenvalue weighted by atomic mass is 16.3. The van der Waals surface area contributed by atoms with E-state index < -0.39 is 0 Å². The van der Waals surface area contributed by atoms with Crippen molar-refractivity contribution in [2.75, 3.05) is 0 Å². The van der Waals surface area contributed by atoms with Crippen LogP contribution < -0.4 is 0 Å². The molecule has 126 valence electrons. The Hall–Kier alpha value is -1.44. The quantitative estimate of drug-likeness (QED) is 0.564. The average molecular weight is 314 g/mol. The van der Waals surface area contributed by atoms with Gasteiger partial charge in [-0.15, -0.1) is 0 Å². The summed E-state index contributed by atoms with van der Waals surface area (Å²) < 4.78 is 0. The van der Waals surface area contributed by atoms with Crippen LogP contribution >= 0.6 is 0 Å². The zero-order valence-electron chi connectivity index (χ0n) is 14.9. The standard InChI is InChI=1S/C21H30O2/c1-14-6-9-19-20(2,3)10-5-11-21(19,4)17(14)13-15-12-16(22)7-8-18(15)23/h6-8,12,17,19,22-23H,5,9-11,13H2,1-4H3/t17-,19-,21-/m0/s1. The van der Waals surface area contributed by atoms with E-state index in [9.17, 15) is 10.2 Å². The van der Waals surface area contributed by atoms with Gasteiger partial charge in [-0.3, -0.25) is 0 Å². The summed E-state index contributed by atoms with van der Waals surface area (Å²) in [7, 11) is 0. The average Bonchev–Trinajstić information content (AvgIpc) is 2.45. The monoisotopic (exact) mass is 314 g/mol. The SMILES string of the molecule is CC1=CC[C@H]2C(C)(C)CCC[C@@]2(C)[C@H]1Cc1cc(O)ccc1O. The fraction of sp³-hybridized carbons (Fsp3) is 0.619. The second-order valence-electron chi connectivity index (χ2n) is 8.65. The summed E-state index contributed by atoms with van der Waals surface area (Å²) in [4.78, 5) is 0. The first-order chi connectivity index (χ1) is 10.7. The van der Waals surface area contributed by atoms with Crippen molar-refractivity contribution in [3.8, 4) is 11.5 Å². The van der Waals surface area contributed by atoms with Gasteiger partial charge in [-0.25, -0.2) is 0 Å². The van der Waals surface area contributed by atoms with Crippen molar-refractivity contribution >= 4 is 0 Å². The molecule has 3 rings (SSSR count). The number of fused-ring (bicyclic) bond motifs is 1. The Kier molecular flexibility index (Phi) is 3.98. The Labute approximate surface area is 140 Å². The van der Waals surface area contributed by atoms with Gasteiger partial charge in [-0.2, -0.15) is 0 Å². The Morgan fingerprint density at radius 1 is 1.13 bits per heavy atom. The van der Waals surface area contributed by atoms with Crippen LogP contribution in [0.4, 0.5) is 0 Å². The summed E-state index contributed by atoms with van der Waals surface area (Å²) in [5, 5.41) is 20.0. The molecule has 2 aliphatic rings. The normalized spacial score (nSPS) is 33.0. The molecular weight excluding hydrogens is 284 g/mol. The van der Waals surface area contributed by atoms with Gasteiger partial charge in [0.25, 0.3) is 0 Å². The molecule has 3 atom stereocenters. The summed E-state index contributed by atoms with van der Waals surface area (Å²) >= 11 is 0. The fourth-order valence-electron chi connectivity index (χ4n) is 5.49. The molecular formula is C21H30O2. The molecule has 0 bridgehead atoms. The maximum Gasteiger partial charge on any atom is 0.119 e. The molecule has 2 aliphatic carbocycles. The smallest absolute Gasteiger partial charge is 0.119 e. The number of phenolic OH excluding ortho intramolecular Hbond substituents is 2. The lowest BCUT2D eigenvalue weighted by atomic mass is 9.48. The van der Waals surface area contributed by atoms with E-state index in [0.717, 1.165) is 12.0 Å². The predicted octanol–water partition coefficient (Wildman–Crippen LogP) is 5.44. The highest BCUT2D eigenvalue weighted by Crippen LogP contribution is 2.60. The number of benzene rings is 1. The van der Waals surface area contributed by atoms with Gasteiger partial charge >= 0.3 is 0 Å². The van der Waals surface area contributed by atoms with Gasteiger partial charge < -0.3 is 10.2 Å². The van der Waals surface area contributed by atoms with E-state index in [1.54, 1.807) is 18.2 Å². The Balaban J connectivity index is 1.98. The summed E-state index contributed by atoms with van der Waals surface area (Å²) in [6.07, 6.45) is 8.27. The van der Waals surface area contributed by atoms with Gasteiger partial charge in [0.1, 0.15) is 11.5 Å². The molecule has 0 aliphatic heterocycles. The molecule has 0 saturated heterocycles. The third-order valence-corrected chi connectivity index (χ3v) is 6.78. The third-order valence-electron chi connectivity index (χ3n) is 6.78. The molecule has 2 heteroatoms. The molecule has 0 heterocycles. The number of hydrogen-bond donors (Lipinski definition) is 2. The maximum atomic E-state index is 10.2. The fourth-order valence-corrected chi connectivity index (χ4v) is 5.49. The highest BCUT2D eigenvalue weighted by molar-refractivity contribution is 5.40. The second kappa shape index (κ2) is 5.58. The van der Waals surface area contributed by atoms with Gasteiger partial charge in [0.2, 0.25) is 0 Å². The van der Waals surface area contributed by atoms with E-state index >= 15 is 0 Å². The lowest BCUT2D eigenvalue weighted by Gasteiger charge is -2.57.